The van der Waals surface area contributed by atoms with Crippen LogP contribution in [0.1, 0.15) is 41.4 Å². The van der Waals surface area contributed by atoms with Gasteiger partial charge in [-0.05, 0) is 43.7 Å². The predicted molar refractivity (Wildman–Crippen MR) is 89.9 cm³/mol. The van der Waals surface area contributed by atoms with Crippen LogP contribution in [-0.4, -0.2) is 23.9 Å². The molecule has 1 aliphatic rings. The van der Waals surface area contributed by atoms with Gasteiger partial charge in [0.05, 0.1) is 5.69 Å². The largest absolute Gasteiger partial charge is 0.397 e. The molecule has 4 heteroatoms. The van der Waals surface area contributed by atoms with Crippen molar-refractivity contribution in [2.75, 3.05) is 18.8 Å². The van der Waals surface area contributed by atoms with E-state index in [2.05, 4.69) is 19.9 Å². The lowest BCUT2D eigenvalue weighted by atomic mass is 10.1. The molecule has 0 bridgehead atoms. The molecule has 0 spiro atoms. The van der Waals surface area contributed by atoms with Gasteiger partial charge in [0.25, 0.3) is 5.91 Å². The SMILES string of the molecule is CCCN(CC1CC1)C(=O)c1sc2cc(C)ccc2c1N. The number of thiophene rings is 1. The minimum absolute atomic E-state index is 0.111. The van der Waals surface area contributed by atoms with E-state index < -0.39 is 0 Å². The lowest BCUT2D eigenvalue weighted by molar-refractivity contribution is 0.0753. The molecule has 0 saturated heterocycles. The summed E-state index contributed by atoms with van der Waals surface area (Å²) < 4.78 is 1.11. The molecule has 1 heterocycles. The molecule has 1 amide bonds. The lowest BCUT2D eigenvalue weighted by Crippen LogP contribution is -2.33. The van der Waals surface area contributed by atoms with E-state index in [1.54, 1.807) is 0 Å². The number of hydrogen-bond donors (Lipinski definition) is 1. The second kappa shape index (κ2) is 5.68. The third kappa shape index (κ3) is 2.91. The molecule has 2 aromatic rings. The fourth-order valence-corrected chi connectivity index (χ4v) is 3.87. The maximum atomic E-state index is 12.8. The Morgan fingerprint density at radius 3 is 2.86 bits per heavy atom. The van der Waals surface area contributed by atoms with Crippen LogP contribution in [0.15, 0.2) is 18.2 Å². The molecule has 0 atom stereocenters. The Morgan fingerprint density at radius 2 is 2.19 bits per heavy atom. The quantitative estimate of drug-likeness (QED) is 0.905. The summed E-state index contributed by atoms with van der Waals surface area (Å²) in [7, 11) is 0. The second-order valence-electron chi connectivity index (χ2n) is 6.04. The number of fused-ring (bicyclic) bond motifs is 1. The first-order valence-electron chi connectivity index (χ1n) is 7.68. The average molecular weight is 302 g/mol. The highest BCUT2D eigenvalue weighted by atomic mass is 32.1. The van der Waals surface area contributed by atoms with Crippen LogP contribution < -0.4 is 5.73 Å². The Morgan fingerprint density at radius 1 is 1.43 bits per heavy atom. The summed E-state index contributed by atoms with van der Waals surface area (Å²) >= 11 is 1.53. The summed E-state index contributed by atoms with van der Waals surface area (Å²) in [5, 5.41) is 1.01. The third-order valence-corrected chi connectivity index (χ3v) is 5.19. The number of carbonyl (C=O) groups is 1. The van der Waals surface area contributed by atoms with Gasteiger partial charge in [0, 0.05) is 23.2 Å². The highest BCUT2D eigenvalue weighted by molar-refractivity contribution is 7.21. The van der Waals surface area contributed by atoms with Gasteiger partial charge in [-0.3, -0.25) is 4.79 Å². The summed E-state index contributed by atoms with van der Waals surface area (Å²) in [5.41, 5.74) is 8.08. The Bertz CT molecular complexity index is 673. The summed E-state index contributed by atoms with van der Waals surface area (Å²) in [4.78, 5) is 15.5. The molecular weight excluding hydrogens is 280 g/mol. The summed E-state index contributed by atoms with van der Waals surface area (Å²) in [5.74, 6) is 0.818. The summed E-state index contributed by atoms with van der Waals surface area (Å²) in [6, 6.07) is 6.18. The fourth-order valence-electron chi connectivity index (χ4n) is 2.68. The van der Waals surface area contributed by atoms with Crippen molar-refractivity contribution in [1.82, 2.24) is 4.90 Å². The van der Waals surface area contributed by atoms with Gasteiger partial charge < -0.3 is 10.6 Å². The van der Waals surface area contributed by atoms with Crippen molar-refractivity contribution in [1.29, 1.82) is 0 Å². The number of hydrogen-bond acceptors (Lipinski definition) is 3. The Balaban J connectivity index is 1.93. The van der Waals surface area contributed by atoms with Gasteiger partial charge in [-0.15, -0.1) is 11.3 Å². The number of anilines is 1. The van der Waals surface area contributed by atoms with Crippen molar-refractivity contribution in [2.45, 2.75) is 33.1 Å². The molecule has 112 valence electrons. The monoisotopic (exact) mass is 302 g/mol. The highest BCUT2D eigenvalue weighted by Gasteiger charge is 2.28. The first-order valence-corrected chi connectivity index (χ1v) is 8.49. The number of carbonyl (C=O) groups excluding carboxylic acids is 1. The highest BCUT2D eigenvalue weighted by Crippen LogP contribution is 2.36. The van der Waals surface area contributed by atoms with Crippen LogP contribution in [0.25, 0.3) is 10.1 Å². The van der Waals surface area contributed by atoms with Gasteiger partial charge in [0.2, 0.25) is 0 Å². The molecule has 1 aliphatic carbocycles. The molecule has 1 saturated carbocycles. The van der Waals surface area contributed by atoms with E-state index in [-0.39, 0.29) is 5.91 Å². The average Bonchev–Trinajstić information content (AvgIpc) is 3.21. The molecule has 0 aliphatic heterocycles. The van der Waals surface area contributed by atoms with E-state index >= 15 is 0 Å². The number of rotatable bonds is 5. The standard InChI is InChI=1S/C17H22N2OS/c1-3-8-19(10-12-5-6-12)17(20)16-15(18)13-7-4-11(2)9-14(13)21-16/h4,7,9,12H,3,5-6,8,10,18H2,1-2H3. The van der Waals surface area contributed by atoms with Crippen LogP contribution in [0.2, 0.25) is 0 Å². The normalized spacial score (nSPS) is 14.6. The maximum absolute atomic E-state index is 12.8. The summed E-state index contributed by atoms with van der Waals surface area (Å²) in [6.07, 6.45) is 3.51. The van der Waals surface area contributed by atoms with E-state index in [0.717, 1.165) is 29.6 Å². The second-order valence-corrected chi connectivity index (χ2v) is 7.09. The zero-order valence-electron chi connectivity index (χ0n) is 12.7. The predicted octanol–water partition coefficient (Wildman–Crippen LogP) is 4.05. The molecule has 0 unspecified atom stereocenters. The van der Waals surface area contributed by atoms with E-state index in [0.29, 0.717) is 16.5 Å². The van der Waals surface area contributed by atoms with E-state index in [4.69, 9.17) is 5.73 Å². The molecule has 3 nitrogen and oxygen atoms in total. The number of aryl methyl sites for hydroxylation is 1. The molecule has 1 aromatic heterocycles. The maximum Gasteiger partial charge on any atom is 0.266 e. The fraction of sp³-hybridized carbons (Fsp3) is 0.471. The number of benzene rings is 1. The van der Waals surface area contributed by atoms with Crippen LogP contribution in [0.4, 0.5) is 5.69 Å². The van der Waals surface area contributed by atoms with Crippen LogP contribution in [0.5, 0.6) is 0 Å². The molecule has 1 fully saturated rings. The van der Waals surface area contributed by atoms with Gasteiger partial charge in [-0.25, -0.2) is 0 Å². The van der Waals surface area contributed by atoms with Crippen LogP contribution in [-0.2, 0) is 0 Å². The van der Waals surface area contributed by atoms with Crippen molar-refractivity contribution >= 4 is 33.0 Å². The van der Waals surface area contributed by atoms with E-state index in [9.17, 15) is 4.79 Å². The first-order chi connectivity index (χ1) is 10.1. The van der Waals surface area contributed by atoms with Crippen molar-refractivity contribution < 1.29 is 4.79 Å². The molecule has 1 aromatic carbocycles. The number of nitrogens with two attached hydrogens (primary N) is 1. The smallest absolute Gasteiger partial charge is 0.266 e. The molecule has 3 rings (SSSR count). The Kier molecular flexibility index (Phi) is 3.89. The summed E-state index contributed by atoms with van der Waals surface area (Å²) in [6.45, 7) is 5.89. The van der Waals surface area contributed by atoms with Gasteiger partial charge in [0.1, 0.15) is 4.88 Å². The Hall–Kier alpha value is -1.55. The molecule has 2 N–H and O–H groups in total. The van der Waals surface area contributed by atoms with Crippen molar-refractivity contribution in [2.24, 2.45) is 5.92 Å². The van der Waals surface area contributed by atoms with Gasteiger partial charge in [-0.1, -0.05) is 19.1 Å². The van der Waals surface area contributed by atoms with Gasteiger partial charge >= 0.3 is 0 Å². The topological polar surface area (TPSA) is 46.3 Å². The van der Waals surface area contributed by atoms with Crippen LogP contribution >= 0.6 is 11.3 Å². The minimum atomic E-state index is 0.111. The van der Waals surface area contributed by atoms with Crippen LogP contribution in [0.3, 0.4) is 0 Å². The van der Waals surface area contributed by atoms with Crippen molar-refractivity contribution in [3.05, 3.63) is 28.6 Å². The van der Waals surface area contributed by atoms with Gasteiger partial charge in [0.15, 0.2) is 0 Å². The number of amides is 1. The molecule has 21 heavy (non-hydrogen) atoms. The Labute approximate surface area is 129 Å². The van der Waals surface area contributed by atoms with E-state index in [1.165, 1.54) is 29.7 Å². The van der Waals surface area contributed by atoms with Crippen LogP contribution in [0, 0.1) is 12.8 Å². The lowest BCUT2D eigenvalue weighted by Gasteiger charge is -2.21. The van der Waals surface area contributed by atoms with Crippen molar-refractivity contribution in [3.63, 3.8) is 0 Å². The van der Waals surface area contributed by atoms with Crippen molar-refractivity contribution in [3.8, 4) is 0 Å². The first kappa shape index (κ1) is 14.4. The van der Waals surface area contributed by atoms with Gasteiger partial charge in [-0.2, -0.15) is 0 Å². The number of nitrogen functional groups attached to an aromatic ring is 1. The van der Waals surface area contributed by atoms with E-state index in [1.807, 2.05) is 17.0 Å². The molecule has 0 radical (unpaired) electrons. The third-order valence-electron chi connectivity index (χ3n) is 4.03. The number of nitrogens with zero attached hydrogens (tertiary/aromatic N) is 1. The minimum Gasteiger partial charge on any atom is -0.397 e. The molecular formula is C17H22N2OS. The zero-order valence-corrected chi connectivity index (χ0v) is 13.5. The zero-order chi connectivity index (χ0) is 15.0.